The lowest BCUT2D eigenvalue weighted by Crippen LogP contribution is -2.45. The Kier molecular flexibility index (Phi) is 6.61. The van der Waals surface area contributed by atoms with Crippen LogP contribution in [0.4, 0.5) is 18.0 Å². The fourth-order valence-corrected chi connectivity index (χ4v) is 5.70. The van der Waals surface area contributed by atoms with E-state index in [0.717, 1.165) is 43.8 Å². The Balaban J connectivity index is 1.38. The number of thioether (sulfide) groups is 1. The Bertz CT molecular complexity index is 1380. The van der Waals surface area contributed by atoms with E-state index in [9.17, 15) is 22.8 Å². The number of likely N-dealkylation sites (tertiary alicyclic amines) is 1. The predicted molar refractivity (Wildman–Crippen MR) is 134 cm³/mol. The van der Waals surface area contributed by atoms with Crippen LogP contribution in [0.3, 0.4) is 0 Å². The first kappa shape index (κ1) is 24.9. The quantitative estimate of drug-likeness (QED) is 0.391. The number of alkyl halides is 3. The summed E-state index contributed by atoms with van der Waals surface area (Å²) in [5.74, 6) is -0.280. The van der Waals surface area contributed by atoms with E-state index < -0.39 is 11.7 Å². The number of carbonyl (C=O) groups is 2. The van der Waals surface area contributed by atoms with Crippen LogP contribution in [0, 0.1) is 0 Å². The molecule has 188 valence electrons. The zero-order chi connectivity index (χ0) is 25.6. The minimum absolute atomic E-state index is 0.0151. The summed E-state index contributed by atoms with van der Waals surface area (Å²) in [6.07, 6.45) is 0.234. The summed E-state index contributed by atoms with van der Waals surface area (Å²) in [5, 5.41) is 4.75. The molecule has 5 rings (SSSR count). The fraction of sp³-hybridized carbons (Fsp3) is 0.320. The number of nitrogens with zero attached hydrogens (tertiary/aromatic N) is 4. The van der Waals surface area contributed by atoms with Gasteiger partial charge in [-0.15, -0.1) is 0 Å². The topological polar surface area (TPSA) is 58.4 Å². The number of carbonyl (C=O) groups excluding carboxylic acids is 2. The summed E-state index contributed by atoms with van der Waals surface area (Å²) in [5.41, 5.74) is 0.618. The molecule has 2 fully saturated rings. The van der Waals surface area contributed by atoms with Gasteiger partial charge in [0.2, 0.25) is 0 Å². The van der Waals surface area contributed by atoms with Crippen LogP contribution in [-0.2, 0) is 17.5 Å². The second kappa shape index (κ2) is 9.57. The number of benzene rings is 2. The molecule has 2 aliphatic heterocycles. The monoisotopic (exact) mass is 534 g/mol. The molecule has 2 aliphatic rings. The molecule has 1 aromatic heterocycles. The van der Waals surface area contributed by atoms with Crippen LogP contribution in [0.1, 0.15) is 29.5 Å². The van der Waals surface area contributed by atoms with Crippen LogP contribution in [-0.4, -0.2) is 56.9 Å². The first-order valence-electron chi connectivity index (χ1n) is 11.4. The highest BCUT2D eigenvalue weighted by atomic mass is 35.5. The first-order valence-corrected chi connectivity index (χ1v) is 12.6. The number of halogens is 4. The highest BCUT2D eigenvalue weighted by molar-refractivity contribution is 8.18. The van der Waals surface area contributed by atoms with Crippen molar-refractivity contribution in [2.24, 2.45) is 0 Å². The zero-order valence-electron chi connectivity index (χ0n) is 19.3. The van der Waals surface area contributed by atoms with Crippen molar-refractivity contribution in [1.82, 2.24) is 19.6 Å². The van der Waals surface area contributed by atoms with Crippen molar-refractivity contribution in [3.63, 3.8) is 0 Å². The number of hydrogen-bond donors (Lipinski definition) is 0. The Labute approximate surface area is 214 Å². The van der Waals surface area contributed by atoms with Crippen molar-refractivity contribution in [2.45, 2.75) is 31.6 Å². The second-order valence-corrected chi connectivity index (χ2v) is 10.4. The smallest absolute Gasteiger partial charge is 0.306 e. The molecule has 0 saturated carbocycles. The Hall–Kier alpha value is -2.82. The molecule has 3 aromatic rings. The maximum absolute atomic E-state index is 13.5. The van der Waals surface area contributed by atoms with Crippen LogP contribution in [0.5, 0.6) is 0 Å². The lowest BCUT2D eigenvalue weighted by Gasteiger charge is -2.33. The van der Waals surface area contributed by atoms with E-state index in [4.69, 9.17) is 11.6 Å². The summed E-state index contributed by atoms with van der Waals surface area (Å²) >= 11 is 6.72. The van der Waals surface area contributed by atoms with E-state index in [1.165, 1.54) is 21.7 Å². The van der Waals surface area contributed by atoms with Gasteiger partial charge in [-0.2, -0.15) is 18.3 Å². The van der Waals surface area contributed by atoms with E-state index >= 15 is 0 Å². The van der Waals surface area contributed by atoms with Gasteiger partial charge in [-0.05, 0) is 86.2 Å². The molecule has 0 atom stereocenters. The van der Waals surface area contributed by atoms with Crippen molar-refractivity contribution in [3.05, 3.63) is 69.2 Å². The van der Waals surface area contributed by atoms with Crippen LogP contribution < -0.4 is 0 Å². The number of rotatable bonds is 4. The number of amides is 2. The molecule has 6 nitrogen and oxygen atoms in total. The van der Waals surface area contributed by atoms with E-state index in [1.807, 2.05) is 7.05 Å². The van der Waals surface area contributed by atoms with Crippen molar-refractivity contribution in [1.29, 1.82) is 0 Å². The Morgan fingerprint density at radius 3 is 2.61 bits per heavy atom. The van der Waals surface area contributed by atoms with Gasteiger partial charge in [0, 0.05) is 16.5 Å². The highest BCUT2D eigenvalue weighted by Gasteiger charge is 2.40. The standard InChI is InChI=1S/C25H22ClF3N4O2S/c1-31-8-6-19(7-9-31)33-23(34)22(36-24(33)35)11-15-2-5-21-17(10-15)13-30-32(21)14-16-3-4-18(26)12-20(16)25(27,28)29/h2-5,10-13,19H,6-9,14H2,1H3. The molecule has 3 heterocycles. The average molecular weight is 535 g/mol. The van der Waals surface area contributed by atoms with Gasteiger partial charge in [0.05, 0.1) is 28.7 Å². The normalized spacial score (nSPS) is 19.2. The molecular formula is C25H22ClF3N4O2S. The fourth-order valence-electron chi connectivity index (χ4n) is 4.63. The summed E-state index contributed by atoms with van der Waals surface area (Å²) in [6, 6.07) is 8.92. The molecule has 36 heavy (non-hydrogen) atoms. The van der Waals surface area contributed by atoms with Crippen molar-refractivity contribution >= 4 is 51.5 Å². The minimum atomic E-state index is -4.53. The van der Waals surface area contributed by atoms with Gasteiger partial charge in [-0.3, -0.25) is 19.2 Å². The average Bonchev–Trinajstić information content (AvgIpc) is 3.34. The number of piperidine rings is 1. The Morgan fingerprint density at radius 2 is 1.89 bits per heavy atom. The molecule has 2 amide bonds. The zero-order valence-corrected chi connectivity index (χ0v) is 20.8. The van der Waals surface area contributed by atoms with Gasteiger partial charge in [-0.1, -0.05) is 23.7 Å². The van der Waals surface area contributed by atoms with Gasteiger partial charge < -0.3 is 4.90 Å². The highest BCUT2D eigenvalue weighted by Crippen LogP contribution is 2.37. The van der Waals surface area contributed by atoms with Gasteiger partial charge in [0.25, 0.3) is 11.1 Å². The molecule has 2 saturated heterocycles. The first-order chi connectivity index (χ1) is 17.1. The van der Waals surface area contributed by atoms with E-state index in [2.05, 4.69) is 10.00 Å². The van der Waals surface area contributed by atoms with Crippen LogP contribution in [0.2, 0.25) is 5.02 Å². The van der Waals surface area contributed by atoms with Crippen LogP contribution in [0.15, 0.2) is 47.5 Å². The molecule has 0 N–H and O–H groups in total. The van der Waals surface area contributed by atoms with Crippen molar-refractivity contribution in [2.75, 3.05) is 20.1 Å². The molecular weight excluding hydrogens is 513 g/mol. The number of aromatic nitrogens is 2. The number of imide groups is 1. The molecule has 0 unspecified atom stereocenters. The maximum atomic E-state index is 13.5. The maximum Gasteiger partial charge on any atom is 0.416 e. The van der Waals surface area contributed by atoms with E-state index in [0.29, 0.717) is 21.4 Å². The van der Waals surface area contributed by atoms with Gasteiger partial charge in [0.15, 0.2) is 0 Å². The van der Waals surface area contributed by atoms with Gasteiger partial charge in [-0.25, -0.2) is 0 Å². The molecule has 0 bridgehead atoms. The van der Waals surface area contributed by atoms with Crippen molar-refractivity contribution in [3.8, 4) is 0 Å². The number of hydrogen-bond acceptors (Lipinski definition) is 5. The molecule has 2 aromatic carbocycles. The predicted octanol–water partition coefficient (Wildman–Crippen LogP) is 5.89. The van der Waals surface area contributed by atoms with Crippen molar-refractivity contribution < 1.29 is 22.8 Å². The Morgan fingerprint density at radius 1 is 1.14 bits per heavy atom. The largest absolute Gasteiger partial charge is 0.416 e. The SMILES string of the molecule is CN1CCC(N2C(=O)SC(=Cc3ccc4c(cnn4Cc4ccc(Cl)cc4C(F)(F)F)c3)C2=O)CC1. The minimum Gasteiger partial charge on any atom is -0.306 e. The third-order valence-corrected chi connectivity index (χ3v) is 7.66. The summed E-state index contributed by atoms with van der Waals surface area (Å²) in [6.45, 7) is 1.60. The third-order valence-electron chi connectivity index (χ3n) is 6.54. The van der Waals surface area contributed by atoms with Crippen LogP contribution >= 0.6 is 23.4 Å². The summed E-state index contributed by atoms with van der Waals surface area (Å²) < 4.78 is 42.0. The van der Waals surface area contributed by atoms with E-state index in [1.54, 1.807) is 30.5 Å². The number of fused-ring (bicyclic) bond motifs is 1. The van der Waals surface area contributed by atoms with E-state index in [-0.39, 0.29) is 34.3 Å². The third kappa shape index (κ3) is 4.89. The lowest BCUT2D eigenvalue weighted by molar-refractivity contribution is -0.138. The van der Waals surface area contributed by atoms with Gasteiger partial charge >= 0.3 is 6.18 Å². The van der Waals surface area contributed by atoms with Gasteiger partial charge in [0.1, 0.15) is 0 Å². The molecule has 0 radical (unpaired) electrons. The molecule has 0 aliphatic carbocycles. The molecule has 0 spiro atoms. The second-order valence-electron chi connectivity index (χ2n) is 9.01. The summed E-state index contributed by atoms with van der Waals surface area (Å²) in [7, 11) is 2.02. The molecule has 11 heteroatoms. The summed E-state index contributed by atoms with van der Waals surface area (Å²) in [4.78, 5) is 29.5. The van der Waals surface area contributed by atoms with Crippen LogP contribution in [0.25, 0.3) is 17.0 Å². The lowest BCUT2D eigenvalue weighted by atomic mass is 10.0.